The quantitative estimate of drug-likeness (QED) is 0.334. The van der Waals surface area contributed by atoms with Crippen molar-refractivity contribution in [2.24, 2.45) is 5.41 Å². The van der Waals surface area contributed by atoms with Gasteiger partial charge in [0.05, 0.1) is 5.56 Å². The third-order valence-electron chi connectivity index (χ3n) is 6.37. The smallest absolute Gasteiger partial charge is 0.257 e. The number of allylic oxidation sites excluding steroid dienone is 2. The average Bonchev–Trinajstić information content (AvgIpc) is 2.76. The third kappa shape index (κ3) is 4.32. The van der Waals surface area contributed by atoms with Crippen LogP contribution in [-0.2, 0) is 10.5 Å². The highest BCUT2D eigenvalue weighted by molar-refractivity contribution is 7.98. The van der Waals surface area contributed by atoms with Crippen molar-refractivity contribution in [1.29, 1.82) is 0 Å². The van der Waals surface area contributed by atoms with E-state index >= 15 is 0 Å². The van der Waals surface area contributed by atoms with Gasteiger partial charge in [0.1, 0.15) is 5.82 Å². The monoisotopic (exact) mass is 491 g/mol. The van der Waals surface area contributed by atoms with E-state index in [2.05, 4.69) is 49.3 Å². The second-order valence-corrected chi connectivity index (χ2v) is 11.2. The van der Waals surface area contributed by atoms with Crippen LogP contribution in [-0.4, -0.2) is 15.8 Å². The number of Topliss-reactive ketones (excluding diaryl/α,β-unsaturated/α-hetero) is 1. The zero-order valence-electron chi connectivity index (χ0n) is 19.4. The number of aromatic nitrogens is 2. The van der Waals surface area contributed by atoms with E-state index in [1.54, 1.807) is 6.07 Å². The number of ketones is 1. The van der Waals surface area contributed by atoms with E-state index in [-0.39, 0.29) is 16.8 Å². The van der Waals surface area contributed by atoms with E-state index in [1.807, 2.05) is 24.3 Å². The van der Waals surface area contributed by atoms with Gasteiger partial charge in [-0.2, -0.15) is 0 Å². The van der Waals surface area contributed by atoms with Gasteiger partial charge >= 0.3 is 0 Å². The Balaban J connectivity index is 1.60. The van der Waals surface area contributed by atoms with Crippen molar-refractivity contribution in [2.45, 2.75) is 50.4 Å². The largest absolute Gasteiger partial charge is 0.343 e. The molecule has 0 amide bonds. The number of carbonyl (C=O) groups is 1. The summed E-state index contributed by atoms with van der Waals surface area (Å²) in [5.74, 6) is 0.698. The van der Waals surface area contributed by atoms with Gasteiger partial charge in [-0.1, -0.05) is 85.2 Å². The molecule has 2 aromatic carbocycles. The fourth-order valence-corrected chi connectivity index (χ4v) is 5.98. The molecule has 5 nitrogen and oxygen atoms in total. The van der Waals surface area contributed by atoms with E-state index in [1.165, 1.54) is 17.3 Å². The molecular formula is C27H26ClN3O2S. The first kappa shape index (κ1) is 22.9. The fraction of sp³-hybridized carbons (Fsp3) is 0.296. The van der Waals surface area contributed by atoms with Crippen LogP contribution in [0.15, 0.2) is 69.8 Å². The standard InChI is InChI=1S/C27H26ClN3O2S/c1-15-7-6-8-16(11-15)14-34-26-30-24-23(25(33)31-26)21(17-9-4-5-10-18(17)28)22-19(29-24)12-27(2,3)13-20(22)32/h4-11,21H,12-14H2,1-3H3,(H2,29,30,31,33). The lowest BCUT2D eigenvalue weighted by Gasteiger charge is -2.38. The van der Waals surface area contributed by atoms with Crippen molar-refractivity contribution in [3.05, 3.63) is 97.4 Å². The first-order valence-corrected chi connectivity index (χ1v) is 12.7. The topological polar surface area (TPSA) is 74.8 Å². The average molecular weight is 492 g/mol. The SMILES string of the molecule is Cc1cccc(CSc2nc3c(c(=O)[nH]2)C(c2ccccc2Cl)C2=C(CC(C)(C)CC2=O)N3)c1. The lowest BCUT2D eigenvalue weighted by molar-refractivity contribution is -0.118. The summed E-state index contributed by atoms with van der Waals surface area (Å²) in [6, 6.07) is 15.7. The van der Waals surface area contributed by atoms with Crippen LogP contribution >= 0.6 is 23.4 Å². The van der Waals surface area contributed by atoms with Crippen LogP contribution in [0.1, 0.15) is 54.9 Å². The van der Waals surface area contributed by atoms with Gasteiger partial charge in [-0.25, -0.2) is 4.98 Å². The van der Waals surface area contributed by atoms with Crippen molar-refractivity contribution >= 4 is 35.0 Å². The summed E-state index contributed by atoms with van der Waals surface area (Å²) in [5, 5.41) is 4.44. The zero-order valence-corrected chi connectivity index (χ0v) is 20.9. The van der Waals surface area contributed by atoms with Crippen molar-refractivity contribution in [3.8, 4) is 0 Å². The number of H-pyrrole nitrogens is 1. The molecule has 0 saturated carbocycles. The Morgan fingerprint density at radius 3 is 2.68 bits per heavy atom. The number of nitrogens with one attached hydrogen (secondary N) is 2. The number of hydrogen-bond acceptors (Lipinski definition) is 5. The Kier molecular flexibility index (Phi) is 5.90. The maximum atomic E-state index is 13.4. The third-order valence-corrected chi connectivity index (χ3v) is 7.66. The Morgan fingerprint density at radius 2 is 1.91 bits per heavy atom. The molecule has 7 heteroatoms. The highest BCUT2D eigenvalue weighted by Gasteiger charge is 2.42. The lowest BCUT2D eigenvalue weighted by atomic mass is 9.69. The van der Waals surface area contributed by atoms with E-state index in [4.69, 9.17) is 16.6 Å². The first-order valence-electron chi connectivity index (χ1n) is 11.3. The summed E-state index contributed by atoms with van der Waals surface area (Å²) >= 11 is 8.07. The molecule has 1 atom stereocenters. The van der Waals surface area contributed by atoms with Crippen molar-refractivity contribution < 1.29 is 4.79 Å². The van der Waals surface area contributed by atoms with Gasteiger partial charge in [-0.15, -0.1) is 0 Å². The van der Waals surface area contributed by atoms with Gasteiger partial charge in [-0.05, 0) is 36.0 Å². The highest BCUT2D eigenvalue weighted by Crippen LogP contribution is 2.48. The molecule has 5 rings (SSSR count). The Morgan fingerprint density at radius 1 is 1.12 bits per heavy atom. The molecule has 174 valence electrons. The summed E-state index contributed by atoms with van der Waals surface area (Å²) < 4.78 is 0. The molecule has 0 fully saturated rings. The van der Waals surface area contributed by atoms with Crippen LogP contribution in [0.4, 0.5) is 5.82 Å². The number of aryl methyl sites for hydroxylation is 1. The predicted molar refractivity (Wildman–Crippen MR) is 138 cm³/mol. The molecule has 1 aliphatic carbocycles. The van der Waals surface area contributed by atoms with Crippen LogP contribution in [0, 0.1) is 12.3 Å². The van der Waals surface area contributed by atoms with Gasteiger partial charge in [0.2, 0.25) is 0 Å². The lowest BCUT2D eigenvalue weighted by Crippen LogP contribution is -2.37. The Hall–Kier alpha value is -2.83. The number of aromatic amines is 1. The normalized spacial score (nSPS) is 18.8. The van der Waals surface area contributed by atoms with Crippen molar-refractivity contribution in [1.82, 2.24) is 9.97 Å². The number of anilines is 1. The molecule has 3 aromatic rings. The molecule has 0 radical (unpaired) electrons. The molecule has 1 aromatic heterocycles. The molecule has 1 unspecified atom stereocenters. The minimum atomic E-state index is -0.546. The summed E-state index contributed by atoms with van der Waals surface area (Å²) in [6.45, 7) is 6.24. The van der Waals surface area contributed by atoms with Gasteiger partial charge in [0.25, 0.3) is 5.56 Å². The number of thioether (sulfide) groups is 1. The van der Waals surface area contributed by atoms with Crippen LogP contribution < -0.4 is 10.9 Å². The maximum Gasteiger partial charge on any atom is 0.257 e. The van der Waals surface area contributed by atoms with E-state index in [9.17, 15) is 9.59 Å². The van der Waals surface area contributed by atoms with Crippen LogP contribution in [0.2, 0.25) is 5.02 Å². The van der Waals surface area contributed by atoms with Gasteiger partial charge < -0.3 is 10.3 Å². The van der Waals surface area contributed by atoms with E-state index in [0.29, 0.717) is 45.7 Å². The minimum absolute atomic E-state index is 0.0478. The zero-order chi connectivity index (χ0) is 24.0. The van der Waals surface area contributed by atoms with Crippen LogP contribution in [0.3, 0.4) is 0 Å². The second-order valence-electron chi connectivity index (χ2n) is 9.82. The molecule has 1 aliphatic heterocycles. The van der Waals surface area contributed by atoms with Crippen LogP contribution in [0.5, 0.6) is 0 Å². The fourth-order valence-electron chi connectivity index (χ4n) is 4.94. The number of rotatable bonds is 4. The first-order chi connectivity index (χ1) is 16.2. The van der Waals surface area contributed by atoms with E-state index < -0.39 is 5.92 Å². The number of benzene rings is 2. The van der Waals surface area contributed by atoms with Gasteiger partial charge in [0.15, 0.2) is 10.9 Å². The molecule has 0 spiro atoms. The molecule has 2 N–H and O–H groups in total. The summed E-state index contributed by atoms with van der Waals surface area (Å²) in [6.07, 6.45) is 1.13. The summed E-state index contributed by atoms with van der Waals surface area (Å²) in [7, 11) is 0. The van der Waals surface area contributed by atoms with Crippen molar-refractivity contribution in [2.75, 3.05) is 5.32 Å². The van der Waals surface area contributed by atoms with Crippen molar-refractivity contribution in [3.63, 3.8) is 0 Å². The molecule has 2 heterocycles. The second kappa shape index (κ2) is 8.75. The number of halogens is 1. The Bertz CT molecular complexity index is 1390. The number of nitrogens with zero attached hydrogens (tertiary/aromatic N) is 1. The summed E-state index contributed by atoms with van der Waals surface area (Å²) in [5.41, 5.74) is 4.60. The number of carbonyl (C=O) groups excluding carboxylic acids is 1. The highest BCUT2D eigenvalue weighted by atomic mass is 35.5. The Labute approximate surface area is 208 Å². The molecule has 0 bridgehead atoms. The van der Waals surface area contributed by atoms with Gasteiger partial charge in [-0.3, -0.25) is 9.59 Å². The number of fused-ring (bicyclic) bond motifs is 1. The predicted octanol–water partition coefficient (Wildman–Crippen LogP) is 6.22. The molecule has 34 heavy (non-hydrogen) atoms. The number of hydrogen-bond donors (Lipinski definition) is 2. The maximum absolute atomic E-state index is 13.4. The molecule has 2 aliphatic rings. The summed E-state index contributed by atoms with van der Waals surface area (Å²) in [4.78, 5) is 34.5. The molecular weight excluding hydrogens is 466 g/mol. The minimum Gasteiger partial charge on any atom is -0.343 e. The van der Waals surface area contributed by atoms with Gasteiger partial charge in [0, 0.05) is 34.4 Å². The molecule has 0 saturated heterocycles. The van der Waals surface area contributed by atoms with E-state index in [0.717, 1.165) is 16.8 Å². The van der Waals surface area contributed by atoms with Crippen LogP contribution in [0.25, 0.3) is 0 Å².